The monoisotopic (exact) mass is 184 g/mol. The van der Waals surface area contributed by atoms with Crippen molar-refractivity contribution >= 4 is 5.91 Å². The normalized spacial score (nSPS) is 28.2. The number of carbonyl (C=O) groups is 1. The number of carbonyl (C=O) groups excluding carboxylic acids is 1. The second-order valence-electron chi connectivity index (χ2n) is 3.98. The molecule has 0 spiro atoms. The Labute approximate surface area is 80.3 Å². The van der Waals surface area contributed by atoms with Crippen LogP contribution in [-0.2, 0) is 4.79 Å². The third kappa shape index (κ3) is 2.99. The molecule has 1 rings (SSSR count). The van der Waals surface area contributed by atoms with Crippen LogP contribution in [0.2, 0.25) is 0 Å². The predicted octanol–water partition coefficient (Wildman–Crippen LogP) is 0.757. The predicted molar refractivity (Wildman–Crippen MR) is 53.4 cm³/mol. The Hall–Kier alpha value is -0.570. The zero-order valence-corrected chi connectivity index (χ0v) is 8.76. The maximum absolute atomic E-state index is 11.5. The molecular weight excluding hydrogens is 164 g/mol. The van der Waals surface area contributed by atoms with Gasteiger partial charge in [-0.3, -0.25) is 4.79 Å². The second kappa shape index (κ2) is 4.61. The average Bonchev–Trinajstić information content (AvgIpc) is 2.83. The largest absolute Gasteiger partial charge is 0.353 e. The maximum atomic E-state index is 11.5. The van der Waals surface area contributed by atoms with Gasteiger partial charge in [-0.25, -0.2) is 0 Å². The van der Waals surface area contributed by atoms with Gasteiger partial charge in [-0.05, 0) is 19.4 Å². The average molecular weight is 184 g/mol. The molecule has 0 saturated heterocycles. The molecule has 0 radical (unpaired) electrons. The third-order valence-electron chi connectivity index (χ3n) is 2.73. The van der Waals surface area contributed by atoms with E-state index in [2.05, 4.69) is 17.6 Å². The minimum Gasteiger partial charge on any atom is -0.353 e. The quantitative estimate of drug-likeness (QED) is 0.662. The minimum atomic E-state index is 0.0862. The number of hydrogen-bond donors (Lipinski definition) is 2. The Balaban J connectivity index is 2.18. The number of rotatable bonds is 5. The van der Waals surface area contributed by atoms with Crippen LogP contribution in [0.25, 0.3) is 0 Å². The molecule has 3 heteroatoms. The first kappa shape index (κ1) is 10.5. The molecule has 1 saturated carbocycles. The van der Waals surface area contributed by atoms with Crippen LogP contribution >= 0.6 is 0 Å². The van der Waals surface area contributed by atoms with Crippen molar-refractivity contribution in [3.05, 3.63) is 0 Å². The van der Waals surface area contributed by atoms with Gasteiger partial charge in [-0.2, -0.15) is 0 Å². The van der Waals surface area contributed by atoms with Gasteiger partial charge in [0.1, 0.15) is 0 Å². The highest BCUT2D eigenvalue weighted by Gasteiger charge is 2.36. The van der Waals surface area contributed by atoms with Crippen LogP contribution in [0.15, 0.2) is 0 Å². The van der Waals surface area contributed by atoms with Gasteiger partial charge in [0.25, 0.3) is 0 Å². The molecule has 13 heavy (non-hydrogen) atoms. The molecular formula is C10H20N2O. The Morgan fingerprint density at radius 2 is 2.31 bits per heavy atom. The highest BCUT2D eigenvalue weighted by Crippen LogP contribution is 2.33. The maximum Gasteiger partial charge on any atom is 0.224 e. The molecule has 3 nitrogen and oxygen atoms in total. The zero-order valence-electron chi connectivity index (χ0n) is 8.76. The summed E-state index contributed by atoms with van der Waals surface area (Å²) in [6.07, 6.45) is 2.36. The second-order valence-corrected chi connectivity index (χ2v) is 3.98. The van der Waals surface area contributed by atoms with E-state index >= 15 is 0 Å². The Kier molecular flexibility index (Phi) is 3.72. The van der Waals surface area contributed by atoms with Crippen LogP contribution in [0.3, 0.4) is 0 Å². The van der Waals surface area contributed by atoms with Crippen LogP contribution in [0.5, 0.6) is 0 Å². The van der Waals surface area contributed by atoms with Gasteiger partial charge in [0.2, 0.25) is 5.91 Å². The van der Waals surface area contributed by atoms with E-state index in [4.69, 9.17) is 0 Å². The molecule has 1 fully saturated rings. The highest BCUT2D eigenvalue weighted by atomic mass is 16.2. The zero-order chi connectivity index (χ0) is 9.84. The van der Waals surface area contributed by atoms with E-state index in [1.54, 1.807) is 0 Å². The first-order valence-electron chi connectivity index (χ1n) is 5.14. The summed E-state index contributed by atoms with van der Waals surface area (Å²) in [6.45, 7) is 4.89. The minimum absolute atomic E-state index is 0.0862. The summed E-state index contributed by atoms with van der Waals surface area (Å²) in [6, 6.07) is 0.469. The number of amides is 1. The summed E-state index contributed by atoms with van der Waals surface area (Å²) in [4.78, 5) is 11.5. The van der Waals surface area contributed by atoms with Crippen molar-refractivity contribution in [2.45, 2.75) is 32.7 Å². The van der Waals surface area contributed by atoms with Gasteiger partial charge in [-0.15, -0.1) is 0 Å². The lowest BCUT2D eigenvalue weighted by atomic mass is 10.1. The smallest absolute Gasteiger partial charge is 0.224 e. The SMILES string of the molecule is CCC1CC1NC(=O)C(C)CNC. The lowest BCUT2D eigenvalue weighted by Gasteiger charge is -2.10. The van der Waals surface area contributed by atoms with E-state index in [0.29, 0.717) is 6.04 Å². The van der Waals surface area contributed by atoms with Crippen LogP contribution in [0, 0.1) is 11.8 Å². The van der Waals surface area contributed by atoms with Crippen LogP contribution < -0.4 is 10.6 Å². The van der Waals surface area contributed by atoms with Crippen molar-refractivity contribution in [3.8, 4) is 0 Å². The van der Waals surface area contributed by atoms with E-state index in [9.17, 15) is 4.79 Å². The van der Waals surface area contributed by atoms with Gasteiger partial charge in [0.05, 0.1) is 0 Å². The van der Waals surface area contributed by atoms with Gasteiger partial charge >= 0.3 is 0 Å². The molecule has 0 aliphatic heterocycles. The first-order valence-corrected chi connectivity index (χ1v) is 5.14. The molecule has 0 aromatic carbocycles. The molecule has 3 atom stereocenters. The molecule has 1 amide bonds. The van der Waals surface area contributed by atoms with Crippen LogP contribution in [0.4, 0.5) is 0 Å². The lowest BCUT2D eigenvalue weighted by Crippen LogP contribution is -2.36. The highest BCUT2D eigenvalue weighted by molar-refractivity contribution is 5.79. The van der Waals surface area contributed by atoms with E-state index in [-0.39, 0.29) is 11.8 Å². The Morgan fingerprint density at radius 1 is 1.62 bits per heavy atom. The molecule has 0 bridgehead atoms. The van der Waals surface area contributed by atoms with Crippen molar-refractivity contribution < 1.29 is 4.79 Å². The summed E-state index contributed by atoms with van der Waals surface area (Å²) < 4.78 is 0. The fourth-order valence-electron chi connectivity index (χ4n) is 1.60. The topological polar surface area (TPSA) is 41.1 Å². The molecule has 76 valence electrons. The third-order valence-corrected chi connectivity index (χ3v) is 2.73. The van der Waals surface area contributed by atoms with Gasteiger partial charge in [-0.1, -0.05) is 20.3 Å². The van der Waals surface area contributed by atoms with Crippen LogP contribution in [-0.4, -0.2) is 25.5 Å². The fourth-order valence-corrected chi connectivity index (χ4v) is 1.60. The summed E-state index contributed by atoms with van der Waals surface area (Å²) in [5.74, 6) is 1.02. The molecule has 2 N–H and O–H groups in total. The number of hydrogen-bond acceptors (Lipinski definition) is 2. The molecule has 3 unspecified atom stereocenters. The molecule has 1 aliphatic carbocycles. The Morgan fingerprint density at radius 3 is 2.77 bits per heavy atom. The molecule has 0 heterocycles. The fraction of sp³-hybridized carbons (Fsp3) is 0.900. The van der Waals surface area contributed by atoms with E-state index in [0.717, 1.165) is 12.5 Å². The number of nitrogens with one attached hydrogen (secondary N) is 2. The van der Waals surface area contributed by atoms with Gasteiger partial charge < -0.3 is 10.6 Å². The van der Waals surface area contributed by atoms with E-state index in [1.807, 2.05) is 14.0 Å². The van der Waals surface area contributed by atoms with Crippen LogP contribution in [0.1, 0.15) is 26.7 Å². The van der Waals surface area contributed by atoms with Gasteiger partial charge in [0.15, 0.2) is 0 Å². The van der Waals surface area contributed by atoms with Crippen molar-refractivity contribution in [2.24, 2.45) is 11.8 Å². The molecule has 1 aliphatic rings. The molecule has 0 aromatic heterocycles. The summed E-state index contributed by atoms with van der Waals surface area (Å²) in [5, 5.41) is 6.07. The molecule has 0 aromatic rings. The Bertz CT molecular complexity index is 182. The standard InChI is InChI=1S/C10H20N2O/c1-4-8-5-9(8)12-10(13)7(2)6-11-3/h7-9,11H,4-6H2,1-3H3,(H,12,13). The van der Waals surface area contributed by atoms with Crippen molar-refractivity contribution in [2.75, 3.05) is 13.6 Å². The first-order chi connectivity index (χ1) is 6.19. The van der Waals surface area contributed by atoms with E-state index in [1.165, 1.54) is 12.8 Å². The van der Waals surface area contributed by atoms with E-state index < -0.39 is 0 Å². The van der Waals surface area contributed by atoms with Gasteiger partial charge in [0, 0.05) is 18.5 Å². The van der Waals surface area contributed by atoms with Crippen molar-refractivity contribution in [3.63, 3.8) is 0 Å². The van der Waals surface area contributed by atoms with Crippen molar-refractivity contribution in [1.82, 2.24) is 10.6 Å². The summed E-state index contributed by atoms with van der Waals surface area (Å²) >= 11 is 0. The summed E-state index contributed by atoms with van der Waals surface area (Å²) in [7, 11) is 1.87. The van der Waals surface area contributed by atoms with Crippen molar-refractivity contribution in [1.29, 1.82) is 0 Å². The lowest BCUT2D eigenvalue weighted by molar-refractivity contribution is -0.124. The summed E-state index contributed by atoms with van der Waals surface area (Å²) in [5.41, 5.74) is 0.